The van der Waals surface area contributed by atoms with Crippen molar-refractivity contribution in [2.45, 2.75) is 0 Å². The molecular weight excluding hydrogens is 357 g/mol. The number of anilines is 1. The zero-order valence-electron chi connectivity index (χ0n) is 11.6. The van der Waals surface area contributed by atoms with Gasteiger partial charge < -0.3 is 5.32 Å². The zero-order chi connectivity index (χ0) is 16.4. The molecule has 1 heterocycles. The van der Waals surface area contributed by atoms with Gasteiger partial charge in [-0.15, -0.1) is 0 Å². The molecule has 7 heteroatoms. The fourth-order valence-corrected chi connectivity index (χ4v) is 2.49. The highest BCUT2D eigenvalue weighted by Crippen LogP contribution is 2.24. The molecule has 0 saturated carbocycles. The summed E-state index contributed by atoms with van der Waals surface area (Å²) in [6, 6.07) is 12.2. The Labute approximate surface area is 147 Å². The minimum absolute atomic E-state index is 0.271. The van der Waals surface area contributed by atoms with Gasteiger partial charge in [0.25, 0.3) is 5.91 Å². The van der Waals surface area contributed by atoms with Crippen molar-refractivity contribution < 1.29 is 4.79 Å². The third kappa shape index (κ3) is 3.85. The second-order valence-electron chi connectivity index (χ2n) is 4.75. The van der Waals surface area contributed by atoms with Gasteiger partial charge in [-0.1, -0.05) is 46.9 Å². The van der Waals surface area contributed by atoms with Crippen LogP contribution in [0.5, 0.6) is 0 Å². The van der Waals surface area contributed by atoms with Gasteiger partial charge in [-0.25, -0.2) is 4.99 Å². The molecule has 1 aliphatic rings. The molecule has 0 unspecified atom stereocenters. The highest BCUT2D eigenvalue weighted by atomic mass is 35.5. The number of hydrogen-bond acceptors (Lipinski definition) is 3. The van der Waals surface area contributed by atoms with Gasteiger partial charge in [0, 0.05) is 10.7 Å². The van der Waals surface area contributed by atoms with Crippen LogP contribution in [0, 0.1) is 0 Å². The second-order valence-corrected chi connectivity index (χ2v) is 6.00. The van der Waals surface area contributed by atoms with E-state index >= 15 is 0 Å². The minimum atomic E-state index is -0.305. The number of rotatable bonds is 2. The molecule has 0 spiro atoms. The van der Waals surface area contributed by atoms with Crippen molar-refractivity contribution >= 4 is 58.4 Å². The number of benzene rings is 2. The Kier molecular flexibility index (Phi) is 4.57. The minimum Gasteiger partial charge on any atom is -0.326 e. The lowest BCUT2D eigenvalue weighted by atomic mass is 10.2. The van der Waals surface area contributed by atoms with Crippen LogP contribution in [0.25, 0.3) is 6.08 Å². The monoisotopic (exact) mass is 365 g/mol. The van der Waals surface area contributed by atoms with Gasteiger partial charge in [0.1, 0.15) is 5.70 Å². The summed E-state index contributed by atoms with van der Waals surface area (Å²) in [6.07, 6.45) is 1.63. The Bertz CT molecular complexity index is 846. The van der Waals surface area contributed by atoms with E-state index in [1.54, 1.807) is 42.5 Å². The fraction of sp³-hybridized carbons (Fsp3) is 0. The Balaban J connectivity index is 1.83. The molecule has 23 heavy (non-hydrogen) atoms. The maximum Gasteiger partial charge on any atom is 0.276 e. The van der Waals surface area contributed by atoms with Crippen molar-refractivity contribution in [2.75, 3.05) is 5.32 Å². The first kappa shape index (κ1) is 15.9. The van der Waals surface area contributed by atoms with E-state index in [2.05, 4.69) is 15.6 Å². The molecule has 4 nitrogen and oxygen atoms in total. The van der Waals surface area contributed by atoms with Gasteiger partial charge in [0.2, 0.25) is 5.96 Å². The number of aliphatic imine (C=N–C) groups is 1. The summed E-state index contributed by atoms with van der Waals surface area (Å²) in [6.45, 7) is 0. The van der Waals surface area contributed by atoms with E-state index in [1.807, 2.05) is 6.07 Å². The number of guanidine groups is 1. The van der Waals surface area contributed by atoms with Crippen LogP contribution in [-0.4, -0.2) is 11.9 Å². The van der Waals surface area contributed by atoms with E-state index in [-0.39, 0.29) is 11.6 Å². The number of amides is 1. The SMILES string of the molecule is O=C1NC(Nc2cccc(Cl)c2)=NC1=Cc1ccc(Cl)c(Cl)c1. The summed E-state index contributed by atoms with van der Waals surface area (Å²) in [5, 5.41) is 7.10. The second kappa shape index (κ2) is 6.62. The fourth-order valence-electron chi connectivity index (χ4n) is 1.99. The molecule has 0 atom stereocenters. The normalized spacial score (nSPS) is 15.5. The van der Waals surface area contributed by atoms with E-state index in [0.717, 1.165) is 11.3 Å². The number of halogens is 3. The van der Waals surface area contributed by atoms with Crippen LogP contribution in [0.2, 0.25) is 15.1 Å². The van der Waals surface area contributed by atoms with Gasteiger partial charge >= 0.3 is 0 Å². The van der Waals surface area contributed by atoms with Crippen molar-refractivity contribution in [3.63, 3.8) is 0 Å². The quantitative estimate of drug-likeness (QED) is 0.764. The Morgan fingerprint density at radius 3 is 2.61 bits per heavy atom. The summed E-state index contributed by atoms with van der Waals surface area (Å²) >= 11 is 17.8. The summed E-state index contributed by atoms with van der Waals surface area (Å²) in [4.78, 5) is 16.2. The molecule has 0 bridgehead atoms. The lowest BCUT2D eigenvalue weighted by Crippen LogP contribution is -2.29. The third-order valence-corrected chi connectivity index (χ3v) is 4.01. The van der Waals surface area contributed by atoms with Crippen LogP contribution in [0.3, 0.4) is 0 Å². The molecule has 0 aliphatic carbocycles. The molecule has 2 N–H and O–H groups in total. The first-order valence-electron chi connectivity index (χ1n) is 6.61. The van der Waals surface area contributed by atoms with Crippen LogP contribution < -0.4 is 10.6 Å². The lowest BCUT2D eigenvalue weighted by molar-refractivity contribution is -0.115. The van der Waals surface area contributed by atoms with Crippen molar-refractivity contribution in [1.82, 2.24) is 5.32 Å². The molecule has 2 aromatic rings. The molecule has 0 saturated heterocycles. The maximum absolute atomic E-state index is 12.0. The third-order valence-electron chi connectivity index (χ3n) is 3.03. The Morgan fingerprint density at radius 1 is 1.04 bits per heavy atom. The van der Waals surface area contributed by atoms with E-state index < -0.39 is 0 Å². The number of hydrogen-bond donors (Lipinski definition) is 2. The topological polar surface area (TPSA) is 53.5 Å². The van der Waals surface area contributed by atoms with Crippen molar-refractivity contribution in [1.29, 1.82) is 0 Å². The average Bonchev–Trinajstić information content (AvgIpc) is 2.83. The molecule has 0 aromatic heterocycles. The number of nitrogens with zero attached hydrogens (tertiary/aromatic N) is 1. The van der Waals surface area contributed by atoms with Crippen molar-refractivity contribution in [2.24, 2.45) is 4.99 Å². The molecule has 116 valence electrons. The highest BCUT2D eigenvalue weighted by molar-refractivity contribution is 6.42. The van der Waals surface area contributed by atoms with E-state index in [4.69, 9.17) is 34.8 Å². The summed E-state index contributed by atoms with van der Waals surface area (Å²) in [5.74, 6) is 0.0316. The molecule has 2 aromatic carbocycles. The largest absolute Gasteiger partial charge is 0.326 e. The van der Waals surface area contributed by atoms with E-state index in [9.17, 15) is 4.79 Å². The van der Waals surface area contributed by atoms with Crippen molar-refractivity contribution in [3.05, 3.63) is 68.8 Å². The van der Waals surface area contributed by atoms with E-state index in [1.165, 1.54) is 0 Å². The first-order chi connectivity index (χ1) is 11.0. The summed E-state index contributed by atoms with van der Waals surface area (Å²) in [5.41, 5.74) is 1.73. The van der Waals surface area contributed by atoms with Crippen LogP contribution in [-0.2, 0) is 4.79 Å². The lowest BCUT2D eigenvalue weighted by Gasteiger charge is -2.04. The van der Waals surface area contributed by atoms with Gasteiger partial charge in [0.15, 0.2) is 0 Å². The highest BCUT2D eigenvalue weighted by Gasteiger charge is 2.20. The van der Waals surface area contributed by atoms with Gasteiger partial charge in [-0.3, -0.25) is 10.1 Å². The molecule has 0 fully saturated rings. The van der Waals surface area contributed by atoms with Crippen LogP contribution in [0.1, 0.15) is 5.56 Å². The molecule has 0 radical (unpaired) electrons. The van der Waals surface area contributed by atoms with Gasteiger partial charge in [-0.2, -0.15) is 0 Å². The maximum atomic E-state index is 12.0. The standard InChI is InChI=1S/C16H10Cl3N3O/c17-10-2-1-3-11(8-10)20-16-21-14(15(23)22-16)7-9-4-5-12(18)13(19)6-9/h1-8H,(H2,20,21,22,23). The Morgan fingerprint density at radius 2 is 1.87 bits per heavy atom. The smallest absolute Gasteiger partial charge is 0.276 e. The predicted octanol–water partition coefficient (Wildman–Crippen LogP) is 4.59. The summed E-state index contributed by atoms with van der Waals surface area (Å²) in [7, 11) is 0. The van der Waals surface area contributed by atoms with Gasteiger partial charge in [-0.05, 0) is 42.0 Å². The average molecular weight is 367 g/mol. The molecule has 1 amide bonds. The van der Waals surface area contributed by atoms with Crippen LogP contribution >= 0.6 is 34.8 Å². The van der Waals surface area contributed by atoms with E-state index in [0.29, 0.717) is 21.0 Å². The summed E-state index contributed by atoms with van der Waals surface area (Å²) < 4.78 is 0. The predicted molar refractivity (Wildman–Crippen MR) is 95.1 cm³/mol. The van der Waals surface area contributed by atoms with Gasteiger partial charge in [0.05, 0.1) is 10.0 Å². The van der Waals surface area contributed by atoms with Crippen molar-refractivity contribution in [3.8, 4) is 0 Å². The van der Waals surface area contributed by atoms with Crippen LogP contribution in [0.4, 0.5) is 5.69 Å². The number of carbonyl (C=O) groups excluding carboxylic acids is 1. The first-order valence-corrected chi connectivity index (χ1v) is 7.74. The zero-order valence-corrected chi connectivity index (χ0v) is 13.9. The molecule has 3 rings (SSSR count). The number of nitrogens with one attached hydrogen (secondary N) is 2. The number of carbonyl (C=O) groups is 1. The van der Waals surface area contributed by atoms with Crippen LogP contribution in [0.15, 0.2) is 53.2 Å². The Hall–Kier alpha value is -2.01. The molecule has 1 aliphatic heterocycles. The molecular formula is C16H10Cl3N3O.